The van der Waals surface area contributed by atoms with Crippen molar-refractivity contribution in [1.29, 1.82) is 0 Å². The van der Waals surface area contributed by atoms with Gasteiger partial charge in [-0.2, -0.15) is 4.31 Å². The van der Waals surface area contributed by atoms with Gasteiger partial charge in [0, 0.05) is 42.9 Å². The van der Waals surface area contributed by atoms with E-state index in [-0.39, 0.29) is 24.3 Å². The Morgan fingerprint density at radius 2 is 1.93 bits per heavy atom. The average Bonchev–Trinajstić information content (AvgIpc) is 2.61. The molecule has 0 amide bonds. The number of aromatic nitrogens is 1. The summed E-state index contributed by atoms with van der Waals surface area (Å²) in [5, 5.41) is 0.752. The zero-order chi connectivity index (χ0) is 19.6. The highest BCUT2D eigenvalue weighted by molar-refractivity contribution is 7.89. The van der Waals surface area contributed by atoms with Gasteiger partial charge < -0.3 is 9.64 Å². The smallest absolute Gasteiger partial charge is 0.216 e. The first-order valence-electron chi connectivity index (χ1n) is 9.18. The molecule has 6 nitrogen and oxygen atoms in total. The normalized spacial score (nSPS) is 16.4. The summed E-state index contributed by atoms with van der Waals surface area (Å²) in [6.07, 6.45) is 0.0145. The second kappa shape index (κ2) is 8.08. The Kier molecular flexibility index (Phi) is 5.98. The summed E-state index contributed by atoms with van der Waals surface area (Å²) in [5.74, 6) is -0.350. The molecular formula is C19H26FN3O3S. The Bertz CT molecular complexity index is 910. The van der Waals surface area contributed by atoms with Crippen molar-refractivity contribution in [1.82, 2.24) is 9.29 Å². The van der Waals surface area contributed by atoms with E-state index < -0.39 is 10.0 Å². The molecule has 27 heavy (non-hydrogen) atoms. The summed E-state index contributed by atoms with van der Waals surface area (Å²) in [5.41, 5.74) is 1.99. The van der Waals surface area contributed by atoms with Crippen LogP contribution in [0.1, 0.15) is 19.5 Å². The lowest BCUT2D eigenvalue weighted by atomic mass is 10.1. The summed E-state index contributed by atoms with van der Waals surface area (Å²) in [6.45, 7) is 7.73. The molecule has 1 saturated heterocycles. The molecule has 1 aliphatic heterocycles. The molecule has 2 heterocycles. The zero-order valence-electron chi connectivity index (χ0n) is 16.0. The van der Waals surface area contributed by atoms with E-state index in [1.165, 1.54) is 10.4 Å². The van der Waals surface area contributed by atoms with Gasteiger partial charge in [-0.25, -0.2) is 17.8 Å². The topological polar surface area (TPSA) is 62.7 Å². The Morgan fingerprint density at radius 3 is 2.59 bits per heavy atom. The number of sulfonamides is 1. The van der Waals surface area contributed by atoms with Crippen molar-refractivity contribution in [2.75, 3.05) is 43.4 Å². The first-order valence-corrected chi connectivity index (χ1v) is 10.8. The predicted octanol–water partition coefficient (Wildman–Crippen LogP) is 2.56. The maximum Gasteiger partial charge on any atom is 0.216 e. The molecule has 0 unspecified atom stereocenters. The number of para-hydroxylation sites is 1. The van der Waals surface area contributed by atoms with E-state index in [1.807, 2.05) is 32.9 Å². The van der Waals surface area contributed by atoms with Gasteiger partial charge in [0.05, 0.1) is 18.5 Å². The molecule has 1 aromatic carbocycles. The van der Waals surface area contributed by atoms with Crippen LogP contribution in [0.5, 0.6) is 0 Å². The number of hydrogen-bond acceptors (Lipinski definition) is 5. The number of benzene rings is 1. The van der Waals surface area contributed by atoms with Crippen molar-refractivity contribution in [3.05, 3.63) is 35.8 Å². The first-order chi connectivity index (χ1) is 12.8. The van der Waals surface area contributed by atoms with Gasteiger partial charge in [-0.15, -0.1) is 0 Å². The van der Waals surface area contributed by atoms with Crippen molar-refractivity contribution < 1.29 is 17.5 Å². The minimum absolute atomic E-state index is 0.00626. The number of rotatable bonds is 6. The van der Waals surface area contributed by atoms with Gasteiger partial charge in [-0.1, -0.05) is 12.1 Å². The number of aryl methyl sites for hydroxylation is 1. The van der Waals surface area contributed by atoms with E-state index in [9.17, 15) is 12.8 Å². The highest BCUT2D eigenvalue weighted by atomic mass is 32.2. The third-order valence-electron chi connectivity index (χ3n) is 4.66. The molecule has 0 N–H and O–H groups in total. The quantitative estimate of drug-likeness (QED) is 0.752. The summed E-state index contributed by atoms with van der Waals surface area (Å²) < 4.78 is 46.0. The number of halogens is 1. The molecule has 0 bridgehead atoms. The second-order valence-electron chi connectivity index (χ2n) is 7.04. The van der Waals surface area contributed by atoms with Crippen LogP contribution in [0.4, 0.5) is 10.1 Å². The molecule has 148 valence electrons. The average molecular weight is 396 g/mol. The standard InChI is InChI=1S/C19H26FN3O3S/c1-14(2)26-11-12-27(24,25)23-9-7-22(8-10-23)18-13-15(3)21-19-16(18)5-4-6-17(19)20/h4-6,13-14H,7-12H2,1-3H3. The van der Waals surface area contributed by atoms with Gasteiger partial charge in [0.25, 0.3) is 0 Å². The van der Waals surface area contributed by atoms with Gasteiger partial charge >= 0.3 is 0 Å². The summed E-state index contributed by atoms with van der Waals surface area (Å²) in [4.78, 5) is 6.42. The van der Waals surface area contributed by atoms with E-state index in [1.54, 1.807) is 6.07 Å². The number of ether oxygens (including phenoxy) is 1. The highest BCUT2D eigenvalue weighted by Crippen LogP contribution is 2.29. The SMILES string of the molecule is Cc1cc(N2CCN(S(=O)(=O)CCOC(C)C)CC2)c2cccc(F)c2n1. The van der Waals surface area contributed by atoms with Crippen LogP contribution < -0.4 is 4.90 Å². The number of nitrogens with zero attached hydrogens (tertiary/aromatic N) is 3. The van der Waals surface area contributed by atoms with Crippen LogP contribution >= 0.6 is 0 Å². The van der Waals surface area contributed by atoms with Gasteiger partial charge in [0.2, 0.25) is 10.0 Å². The number of hydrogen-bond donors (Lipinski definition) is 0. The third kappa shape index (κ3) is 4.56. The van der Waals surface area contributed by atoms with Crippen LogP contribution in [0.3, 0.4) is 0 Å². The minimum Gasteiger partial charge on any atom is -0.378 e. The molecule has 1 aromatic heterocycles. The Labute approximate surface area is 160 Å². The van der Waals surface area contributed by atoms with Crippen LogP contribution in [-0.4, -0.2) is 62.3 Å². The van der Waals surface area contributed by atoms with E-state index in [2.05, 4.69) is 9.88 Å². The van der Waals surface area contributed by atoms with Crippen molar-refractivity contribution >= 4 is 26.6 Å². The molecule has 0 aliphatic carbocycles. The molecule has 1 fully saturated rings. The molecule has 3 rings (SSSR count). The van der Waals surface area contributed by atoms with Crippen LogP contribution in [0, 0.1) is 12.7 Å². The van der Waals surface area contributed by atoms with E-state index in [0.29, 0.717) is 31.7 Å². The predicted molar refractivity (Wildman–Crippen MR) is 105 cm³/mol. The van der Waals surface area contributed by atoms with Gasteiger partial charge in [-0.05, 0) is 32.9 Å². The maximum atomic E-state index is 14.1. The highest BCUT2D eigenvalue weighted by Gasteiger charge is 2.27. The lowest BCUT2D eigenvalue weighted by Crippen LogP contribution is -2.49. The van der Waals surface area contributed by atoms with Gasteiger partial charge in [0.15, 0.2) is 0 Å². The Balaban J connectivity index is 1.73. The Morgan fingerprint density at radius 1 is 1.22 bits per heavy atom. The molecule has 2 aromatic rings. The molecular weight excluding hydrogens is 369 g/mol. The summed E-state index contributed by atoms with van der Waals surface area (Å²) in [7, 11) is -3.33. The number of fused-ring (bicyclic) bond motifs is 1. The van der Waals surface area contributed by atoms with E-state index >= 15 is 0 Å². The number of anilines is 1. The summed E-state index contributed by atoms with van der Waals surface area (Å²) >= 11 is 0. The minimum atomic E-state index is -3.33. The van der Waals surface area contributed by atoms with Crippen LogP contribution in [0.2, 0.25) is 0 Å². The first kappa shape index (κ1) is 20.0. The molecule has 0 atom stereocenters. The molecule has 0 radical (unpaired) electrons. The van der Waals surface area contributed by atoms with E-state index in [4.69, 9.17) is 4.74 Å². The molecule has 8 heteroatoms. The lowest BCUT2D eigenvalue weighted by Gasteiger charge is -2.36. The largest absolute Gasteiger partial charge is 0.378 e. The van der Waals surface area contributed by atoms with Crippen LogP contribution in [0.15, 0.2) is 24.3 Å². The number of pyridine rings is 1. The molecule has 0 spiro atoms. The maximum absolute atomic E-state index is 14.1. The second-order valence-corrected chi connectivity index (χ2v) is 9.13. The number of piperazine rings is 1. The van der Waals surface area contributed by atoms with Gasteiger partial charge in [-0.3, -0.25) is 0 Å². The van der Waals surface area contributed by atoms with Crippen molar-refractivity contribution in [2.45, 2.75) is 26.9 Å². The third-order valence-corrected chi connectivity index (χ3v) is 6.50. The zero-order valence-corrected chi connectivity index (χ0v) is 16.8. The van der Waals surface area contributed by atoms with Crippen LogP contribution in [-0.2, 0) is 14.8 Å². The van der Waals surface area contributed by atoms with Gasteiger partial charge in [0.1, 0.15) is 11.3 Å². The Hall–Kier alpha value is -1.77. The van der Waals surface area contributed by atoms with Crippen molar-refractivity contribution in [3.8, 4) is 0 Å². The molecule has 1 aliphatic rings. The fraction of sp³-hybridized carbons (Fsp3) is 0.526. The fourth-order valence-electron chi connectivity index (χ4n) is 3.31. The lowest BCUT2D eigenvalue weighted by molar-refractivity contribution is 0.0906. The van der Waals surface area contributed by atoms with Crippen LogP contribution in [0.25, 0.3) is 10.9 Å². The van der Waals surface area contributed by atoms with Crippen molar-refractivity contribution in [3.63, 3.8) is 0 Å². The van der Waals surface area contributed by atoms with Crippen molar-refractivity contribution in [2.24, 2.45) is 0 Å². The fourth-order valence-corrected chi connectivity index (χ4v) is 4.59. The molecule has 0 saturated carbocycles. The van der Waals surface area contributed by atoms with E-state index in [0.717, 1.165) is 16.8 Å². The monoisotopic (exact) mass is 395 g/mol. The summed E-state index contributed by atoms with van der Waals surface area (Å²) in [6, 6.07) is 6.87.